The van der Waals surface area contributed by atoms with Crippen LogP contribution in [0.1, 0.15) is 32.1 Å². The van der Waals surface area contributed by atoms with Crippen LogP contribution in [-0.4, -0.2) is 83.0 Å². The number of aliphatic carboxylic acids is 1. The van der Waals surface area contributed by atoms with Crippen molar-refractivity contribution in [2.45, 2.75) is 56.3 Å². The summed E-state index contributed by atoms with van der Waals surface area (Å²) in [5.74, 6) is -5.94. The highest BCUT2D eigenvalue weighted by Crippen LogP contribution is 2.04. The first-order valence-electron chi connectivity index (χ1n) is 10.4. The molecule has 4 unspecified atom stereocenters. The topological polar surface area (TPSA) is 301 Å². The lowest BCUT2D eigenvalue weighted by Crippen LogP contribution is -2.58. The normalized spacial score (nSPS) is 13.9. The van der Waals surface area contributed by atoms with Crippen LogP contribution in [0.2, 0.25) is 0 Å². The molecule has 0 aliphatic heterocycles. The lowest BCUT2D eigenvalue weighted by atomic mass is 10.1. The summed E-state index contributed by atoms with van der Waals surface area (Å²) in [4.78, 5) is 74.8. The van der Waals surface area contributed by atoms with E-state index < -0.39 is 66.1 Å². The van der Waals surface area contributed by atoms with Crippen molar-refractivity contribution >= 4 is 54.1 Å². The number of hydrogen-bond donors (Lipinski definition) is 10. The monoisotopic (exact) mass is 519 g/mol. The molecule has 0 spiro atoms. The largest absolute Gasteiger partial charge is 0.480 e. The molecule has 0 fully saturated rings. The third-order valence-electron chi connectivity index (χ3n) is 4.45. The third kappa shape index (κ3) is 13.6. The zero-order valence-corrected chi connectivity index (χ0v) is 19.8. The van der Waals surface area contributed by atoms with E-state index in [2.05, 4.69) is 33.6 Å². The summed E-state index contributed by atoms with van der Waals surface area (Å²) in [6.07, 6.45) is -0.812. The fraction of sp³-hybridized carbons (Fsp3) is 0.611. The fourth-order valence-corrected chi connectivity index (χ4v) is 2.90. The number of carbonyl (C=O) groups excluding carboxylic acids is 5. The van der Waals surface area contributed by atoms with Gasteiger partial charge in [-0.25, -0.2) is 4.79 Å². The molecule has 0 heterocycles. The van der Waals surface area contributed by atoms with Crippen LogP contribution >= 0.6 is 12.6 Å². The minimum atomic E-state index is -1.37. The van der Waals surface area contributed by atoms with Crippen molar-refractivity contribution < 1.29 is 33.9 Å². The Balaban J connectivity index is 5.34. The van der Waals surface area contributed by atoms with E-state index in [-0.39, 0.29) is 43.9 Å². The molecule has 0 rings (SSSR count). The molecule has 4 atom stereocenters. The number of rotatable bonds is 17. The highest BCUT2D eigenvalue weighted by atomic mass is 32.1. The first-order valence-corrected chi connectivity index (χ1v) is 11.0. The van der Waals surface area contributed by atoms with Gasteiger partial charge in [-0.15, -0.1) is 0 Å². The smallest absolute Gasteiger partial charge is 0.326 e. The van der Waals surface area contributed by atoms with Crippen LogP contribution in [0.5, 0.6) is 0 Å². The van der Waals surface area contributed by atoms with Gasteiger partial charge in [0, 0.05) is 18.7 Å². The van der Waals surface area contributed by atoms with Crippen LogP contribution in [-0.2, 0) is 28.8 Å². The number of carbonyl (C=O) groups is 6. The fourth-order valence-electron chi connectivity index (χ4n) is 2.64. The summed E-state index contributed by atoms with van der Waals surface area (Å²) in [7, 11) is 0. The Labute approximate surface area is 206 Å². The maximum Gasteiger partial charge on any atom is 0.326 e. The van der Waals surface area contributed by atoms with Crippen molar-refractivity contribution in [1.82, 2.24) is 16.0 Å². The second-order valence-electron chi connectivity index (χ2n) is 7.44. The van der Waals surface area contributed by atoms with E-state index in [1.54, 1.807) is 0 Å². The molecule has 0 bridgehead atoms. The number of nitrogens with one attached hydrogen (secondary N) is 3. The van der Waals surface area contributed by atoms with Crippen LogP contribution in [0.4, 0.5) is 0 Å². The second-order valence-corrected chi connectivity index (χ2v) is 7.80. The number of nitrogens with two attached hydrogens (primary N) is 5. The van der Waals surface area contributed by atoms with Gasteiger partial charge in [0.15, 0.2) is 5.96 Å². The van der Waals surface area contributed by atoms with Gasteiger partial charge in [0.2, 0.25) is 29.5 Å². The Kier molecular flexibility index (Phi) is 14.4. The number of nitrogens with zero attached hydrogens (tertiary/aromatic N) is 1. The quantitative estimate of drug-likeness (QED) is 0.0377. The van der Waals surface area contributed by atoms with E-state index >= 15 is 0 Å². The lowest BCUT2D eigenvalue weighted by molar-refractivity contribution is -0.142. The van der Waals surface area contributed by atoms with Gasteiger partial charge in [-0.3, -0.25) is 29.0 Å². The first kappa shape index (κ1) is 31.4. The molecule has 0 aromatic carbocycles. The second kappa shape index (κ2) is 16.1. The first-order chi connectivity index (χ1) is 16.3. The zero-order valence-electron chi connectivity index (χ0n) is 18.9. The molecule has 0 saturated heterocycles. The van der Waals surface area contributed by atoms with E-state index in [0.29, 0.717) is 0 Å². The highest BCUT2D eigenvalue weighted by Gasteiger charge is 2.30. The van der Waals surface area contributed by atoms with Crippen molar-refractivity contribution in [2.24, 2.45) is 33.7 Å². The maximum atomic E-state index is 12.7. The molecule has 0 aliphatic rings. The number of hydrogen-bond acceptors (Lipinski definition) is 9. The molecule has 16 nitrogen and oxygen atoms in total. The van der Waals surface area contributed by atoms with E-state index in [0.717, 1.165) is 0 Å². The Morgan fingerprint density at radius 3 is 1.83 bits per heavy atom. The van der Waals surface area contributed by atoms with E-state index in [1.807, 2.05) is 0 Å². The third-order valence-corrected chi connectivity index (χ3v) is 4.81. The van der Waals surface area contributed by atoms with E-state index in [1.165, 1.54) is 0 Å². The minimum absolute atomic E-state index is 0.0264. The van der Waals surface area contributed by atoms with Gasteiger partial charge >= 0.3 is 5.97 Å². The average molecular weight is 520 g/mol. The summed E-state index contributed by atoms with van der Waals surface area (Å²) >= 11 is 3.98. The van der Waals surface area contributed by atoms with Crippen molar-refractivity contribution in [3.8, 4) is 0 Å². The maximum absolute atomic E-state index is 12.7. The van der Waals surface area contributed by atoms with E-state index in [4.69, 9.17) is 28.7 Å². The molecule has 0 aromatic rings. The number of carboxylic acids is 1. The molecule has 35 heavy (non-hydrogen) atoms. The molecule has 0 aromatic heterocycles. The van der Waals surface area contributed by atoms with Gasteiger partial charge in [-0.2, -0.15) is 12.6 Å². The number of amides is 5. The van der Waals surface area contributed by atoms with Crippen LogP contribution in [0.3, 0.4) is 0 Å². The lowest BCUT2D eigenvalue weighted by Gasteiger charge is -2.24. The van der Waals surface area contributed by atoms with Crippen molar-refractivity contribution in [3.05, 3.63) is 0 Å². The summed E-state index contributed by atoms with van der Waals surface area (Å²) in [6.45, 7) is 0.130. The van der Waals surface area contributed by atoms with E-state index in [9.17, 15) is 33.9 Å². The molecule has 0 saturated carbocycles. The summed E-state index contributed by atoms with van der Waals surface area (Å²) in [5.41, 5.74) is 26.1. The molecule has 5 amide bonds. The predicted molar refractivity (Wildman–Crippen MR) is 127 cm³/mol. The summed E-state index contributed by atoms with van der Waals surface area (Å²) in [6, 6.07) is -5.29. The Morgan fingerprint density at radius 1 is 0.800 bits per heavy atom. The van der Waals surface area contributed by atoms with Crippen LogP contribution in [0.25, 0.3) is 0 Å². The molecule has 17 heteroatoms. The van der Waals surface area contributed by atoms with Gasteiger partial charge < -0.3 is 49.7 Å². The van der Waals surface area contributed by atoms with Crippen LogP contribution < -0.4 is 44.6 Å². The molecular weight excluding hydrogens is 486 g/mol. The van der Waals surface area contributed by atoms with Crippen LogP contribution in [0.15, 0.2) is 4.99 Å². The predicted octanol–water partition coefficient (Wildman–Crippen LogP) is -5.02. The number of primary amides is 2. The number of aliphatic imine (C=N–C) groups is 1. The van der Waals surface area contributed by atoms with Crippen molar-refractivity contribution in [2.75, 3.05) is 12.3 Å². The van der Waals surface area contributed by atoms with Gasteiger partial charge in [0.25, 0.3) is 0 Å². The number of guanidine groups is 1. The molecular formula is C18H33N9O7S. The average Bonchev–Trinajstić information content (AvgIpc) is 2.75. The Bertz CT molecular complexity index is 820. The highest BCUT2D eigenvalue weighted by molar-refractivity contribution is 7.80. The number of thiol groups is 1. The SMILES string of the molecule is NC(=O)CCC(NC(=O)C(CS)NC(=O)C(N)CC(N)=O)C(=O)NC(CCCN=C(N)N)C(=O)O. The minimum Gasteiger partial charge on any atom is -0.480 e. The van der Waals surface area contributed by atoms with Gasteiger partial charge in [0.05, 0.1) is 12.5 Å². The van der Waals surface area contributed by atoms with Gasteiger partial charge in [-0.05, 0) is 19.3 Å². The molecule has 0 aliphatic carbocycles. The number of carboxylic acid groups (broad SMARTS) is 1. The van der Waals surface area contributed by atoms with Crippen molar-refractivity contribution in [1.29, 1.82) is 0 Å². The van der Waals surface area contributed by atoms with Gasteiger partial charge in [0.1, 0.15) is 18.1 Å². The van der Waals surface area contributed by atoms with Crippen molar-refractivity contribution in [3.63, 3.8) is 0 Å². The zero-order chi connectivity index (χ0) is 27.1. The standard InChI is InChI=1S/C18H33N9O7S/c19-8(6-13(21)29)14(30)27-11(7-35)16(32)25-9(3-4-12(20)28)15(31)26-10(17(33)34)2-1-5-24-18(22)23/h8-11,35H,1-7,19H2,(H2,20,28)(H2,21,29)(H,25,32)(H,26,31)(H,27,30)(H,33,34)(H4,22,23,24). The summed E-state index contributed by atoms with van der Waals surface area (Å²) < 4.78 is 0. The molecule has 198 valence electrons. The Morgan fingerprint density at radius 2 is 1.34 bits per heavy atom. The Hall–Kier alpha value is -3.60. The summed E-state index contributed by atoms with van der Waals surface area (Å²) in [5, 5.41) is 16.3. The molecule has 0 radical (unpaired) electrons. The molecule has 14 N–H and O–H groups in total. The van der Waals surface area contributed by atoms with Gasteiger partial charge in [-0.1, -0.05) is 0 Å². The van der Waals surface area contributed by atoms with Crippen LogP contribution in [0, 0.1) is 0 Å².